The predicted molar refractivity (Wildman–Crippen MR) is 74.7 cm³/mol. The van der Waals surface area contributed by atoms with Crippen molar-refractivity contribution in [1.29, 1.82) is 0 Å². The zero-order valence-corrected chi connectivity index (χ0v) is 11.3. The van der Waals surface area contributed by atoms with Gasteiger partial charge in [0.05, 0.1) is 13.2 Å². The lowest BCUT2D eigenvalue weighted by Gasteiger charge is -2.28. The molecule has 3 N–H and O–H groups in total. The fourth-order valence-corrected chi connectivity index (χ4v) is 2.38. The third-order valence-corrected chi connectivity index (χ3v) is 3.38. The number of ether oxygens (including phenoxy) is 1. The number of nitrogens with one attached hydrogen (secondary N) is 1. The molecular formula is C14H21N3O2. The number of amides is 1. The first-order valence-electron chi connectivity index (χ1n) is 6.55. The third kappa shape index (κ3) is 3.68. The summed E-state index contributed by atoms with van der Waals surface area (Å²) < 4.78 is 4.90. The summed E-state index contributed by atoms with van der Waals surface area (Å²) in [5.41, 5.74) is 9.29. The Hall–Kier alpha value is -1.59. The van der Waals surface area contributed by atoms with E-state index in [1.807, 2.05) is 12.1 Å². The molecule has 0 radical (unpaired) electrons. The van der Waals surface area contributed by atoms with Gasteiger partial charge in [0.25, 0.3) is 0 Å². The second kappa shape index (κ2) is 6.54. The molecule has 0 aliphatic carbocycles. The monoisotopic (exact) mass is 263 g/mol. The summed E-state index contributed by atoms with van der Waals surface area (Å²) in [5.74, 6) is 0.0457. The topological polar surface area (TPSA) is 67.6 Å². The second-order valence-electron chi connectivity index (χ2n) is 4.79. The van der Waals surface area contributed by atoms with Gasteiger partial charge in [0.15, 0.2) is 0 Å². The van der Waals surface area contributed by atoms with E-state index in [0.717, 1.165) is 25.2 Å². The van der Waals surface area contributed by atoms with Crippen LogP contribution in [0.5, 0.6) is 0 Å². The molecule has 2 rings (SSSR count). The van der Waals surface area contributed by atoms with Crippen LogP contribution in [0.4, 0.5) is 5.69 Å². The molecule has 1 aromatic rings. The number of fused-ring (bicyclic) bond motifs is 1. The average Bonchev–Trinajstić information content (AvgIpc) is 2.39. The molecule has 0 atom stereocenters. The second-order valence-corrected chi connectivity index (χ2v) is 4.79. The maximum absolute atomic E-state index is 11.7. The molecule has 0 saturated heterocycles. The minimum Gasteiger partial charge on any atom is -0.398 e. The fraction of sp³-hybridized carbons (Fsp3) is 0.500. The van der Waals surface area contributed by atoms with Crippen molar-refractivity contribution in [2.45, 2.75) is 13.0 Å². The Morgan fingerprint density at radius 3 is 3.16 bits per heavy atom. The number of anilines is 1. The van der Waals surface area contributed by atoms with Crippen LogP contribution in [-0.2, 0) is 22.5 Å². The predicted octanol–water partition coefficient (Wildman–Crippen LogP) is 0.390. The first kappa shape index (κ1) is 13.8. The van der Waals surface area contributed by atoms with Crippen LogP contribution in [0.3, 0.4) is 0 Å². The summed E-state index contributed by atoms with van der Waals surface area (Å²) in [6, 6.07) is 5.99. The molecule has 1 aromatic carbocycles. The lowest BCUT2D eigenvalue weighted by atomic mass is 9.98. The number of hydrogen-bond acceptors (Lipinski definition) is 4. The van der Waals surface area contributed by atoms with Crippen LogP contribution in [0, 0.1) is 0 Å². The molecule has 0 aromatic heterocycles. The molecule has 0 spiro atoms. The molecule has 1 heterocycles. The van der Waals surface area contributed by atoms with Crippen LogP contribution in [0.25, 0.3) is 0 Å². The number of hydrogen-bond donors (Lipinski definition) is 2. The van der Waals surface area contributed by atoms with Gasteiger partial charge in [-0.15, -0.1) is 0 Å². The molecule has 0 fully saturated rings. The first-order chi connectivity index (χ1) is 9.20. The lowest BCUT2D eigenvalue weighted by Crippen LogP contribution is -2.40. The first-order valence-corrected chi connectivity index (χ1v) is 6.55. The average molecular weight is 263 g/mol. The molecular weight excluding hydrogens is 242 g/mol. The van der Waals surface area contributed by atoms with Crippen LogP contribution in [0.2, 0.25) is 0 Å². The van der Waals surface area contributed by atoms with Gasteiger partial charge >= 0.3 is 0 Å². The van der Waals surface area contributed by atoms with Crippen LogP contribution in [0.15, 0.2) is 18.2 Å². The summed E-state index contributed by atoms with van der Waals surface area (Å²) in [6.45, 7) is 3.20. The summed E-state index contributed by atoms with van der Waals surface area (Å²) >= 11 is 0. The Morgan fingerprint density at radius 1 is 1.53 bits per heavy atom. The summed E-state index contributed by atoms with van der Waals surface area (Å²) in [7, 11) is 1.62. The summed E-state index contributed by atoms with van der Waals surface area (Å²) in [6.07, 6.45) is 0.910. The van der Waals surface area contributed by atoms with Gasteiger partial charge in [0.1, 0.15) is 0 Å². The highest BCUT2D eigenvalue weighted by atomic mass is 16.5. The number of carbonyl (C=O) groups is 1. The molecule has 19 heavy (non-hydrogen) atoms. The third-order valence-electron chi connectivity index (χ3n) is 3.38. The number of nitrogens with zero attached hydrogens (tertiary/aromatic N) is 1. The van der Waals surface area contributed by atoms with Gasteiger partial charge in [-0.3, -0.25) is 9.69 Å². The Bertz CT molecular complexity index is 448. The van der Waals surface area contributed by atoms with Crippen molar-refractivity contribution in [3.63, 3.8) is 0 Å². The highest BCUT2D eigenvalue weighted by Gasteiger charge is 2.19. The zero-order valence-electron chi connectivity index (χ0n) is 11.3. The van der Waals surface area contributed by atoms with Crippen LogP contribution >= 0.6 is 0 Å². The molecule has 1 aliphatic heterocycles. The number of nitrogen functional groups attached to an aromatic ring is 1. The fourth-order valence-electron chi connectivity index (χ4n) is 2.38. The SMILES string of the molecule is COCCNC(=O)CN1CCc2c(N)cccc2C1. The van der Waals surface area contributed by atoms with Crippen molar-refractivity contribution in [3.05, 3.63) is 29.3 Å². The molecule has 0 unspecified atom stereocenters. The van der Waals surface area contributed by atoms with E-state index in [4.69, 9.17) is 10.5 Å². The lowest BCUT2D eigenvalue weighted by molar-refractivity contribution is -0.122. The van der Waals surface area contributed by atoms with Crippen molar-refractivity contribution in [1.82, 2.24) is 10.2 Å². The number of rotatable bonds is 5. The standard InChI is InChI=1S/C14H21N3O2/c1-19-8-6-16-14(18)10-17-7-5-12-11(9-17)3-2-4-13(12)15/h2-4H,5-10,15H2,1H3,(H,16,18). The van der Waals surface area contributed by atoms with Crippen LogP contribution < -0.4 is 11.1 Å². The minimum atomic E-state index is 0.0457. The minimum absolute atomic E-state index is 0.0457. The van der Waals surface area contributed by atoms with Crippen LogP contribution in [-0.4, -0.2) is 44.2 Å². The Morgan fingerprint density at radius 2 is 2.37 bits per heavy atom. The van der Waals surface area contributed by atoms with Gasteiger partial charge < -0.3 is 15.8 Å². The zero-order chi connectivity index (χ0) is 13.7. The molecule has 104 valence electrons. The molecule has 1 amide bonds. The Kier molecular flexibility index (Phi) is 4.76. The Labute approximate surface area is 113 Å². The van der Waals surface area contributed by atoms with Crippen molar-refractivity contribution in [3.8, 4) is 0 Å². The van der Waals surface area contributed by atoms with Crippen LogP contribution in [0.1, 0.15) is 11.1 Å². The van der Waals surface area contributed by atoms with E-state index >= 15 is 0 Å². The smallest absolute Gasteiger partial charge is 0.234 e. The quantitative estimate of drug-likeness (QED) is 0.596. The van der Waals surface area contributed by atoms with Crippen molar-refractivity contribution < 1.29 is 9.53 Å². The molecule has 5 nitrogen and oxygen atoms in total. The van der Waals surface area contributed by atoms with Gasteiger partial charge in [0, 0.05) is 32.4 Å². The largest absolute Gasteiger partial charge is 0.398 e. The van der Waals surface area contributed by atoms with Crippen molar-refractivity contribution in [2.75, 3.05) is 39.1 Å². The van der Waals surface area contributed by atoms with E-state index in [1.54, 1.807) is 7.11 Å². The van der Waals surface area contributed by atoms with Gasteiger partial charge in [-0.1, -0.05) is 12.1 Å². The van der Waals surface area contributed by atoms with Gasteiger partial charge in [-0.05, 0) is 23.6 Å². The number of carbonyl (C=O) groups excluding carboxylic acids is 1. The highest BCUT2D eigenvalue weighted by Crippen LogP contribution is 2.23. The number of nitrogens with two attached hydrogens (primary N) is 1. The van der Waals surface area contributed by atoms with E-state index in [2.05, 4.69) is 16.3 Å². The maximum atomic E-state index is 11.7. The normalized spacial score (nSPS) is 15.0. The van der Waals surface area contributed by atoms with E-state index in [0.29, 0.717) is 19.7 Å². The Balaban J connectivity index is 1.86. The molecule has 1 aliphatic rings. The van der Waals surface area contributed by atoms with E-state index in [1.165, 1.54) is 11.1 Å². The van der Waals surface area contributed by atoms with Gasteiger partial charge in [-0.25, -0.2) is 0 Å². The molecule has 0 bridgehead atoms. The summed E-state index contributed by atoms with van der Waals surface area (Å²) in [5, 5.41) is 2.84. The number of benzene rings is 1. The van der Waals surface area contributed by atoms with E-state index < -0.39 is 0 Å². The van der Waals surface area contributed by atoms with E-state index in [9.17, 15) is 4.79 Å². The highest BCUT2D eigenvalue weighted by molar-refractivity contribution is 5.78. The molecule has 5 heteroatoms. The van der Waals surface area contributed by atoms with Gasteiger partial charge in [0.2, 0.25) is 5.91 Å². The van der Waals surface area contributed by atoms with Gasteiger partial charge in [-0.2, -0.15) is 0 Å². The van der Waals surface area contributed by atoms with Crippen molar-refractivity contribution in [2.24, 2.45) is 0 Å². The maximum Gasteiger partial charge on any atom is 0.234 e. The molecule has 0 saturated carbocycles. The van der Waals surface area contributed by atoms with Crippen molar-refractivity contribution >= 4 is 11.6 Å². The number of methoxy groups -OCH3 is 1. The van der Waals surface area contributed by atoms with E-state index in [-0.39, 0.29) is 5.91 Å². The summed E-state index contributed by atoms with van der Waals surface area (Å²) in [4.78, 5) is 13.9.